The minimum absolute atomic E-state index is 0.238. The molecule has 31 heavy (non-hydrogen) atoms. The van der Waals surface area contributed by atoms with Gasteiger partial charge in [0.15, 0.2) is 5.65 Å². The SMILES string of the molecule is Cc1ccccc1-c1nc2cnc(NCc3ccccc3F)nc2n1C1CCNCC1. The number of fused-ring (bicyclic) bond motifs is 1. The van der Waals surface area contributed by atoms with Crippen LogP contribution in [0.15, 0.2) is 54.7 Å². The average Bonchev–Trinajstić information content (AvgIpc) is 3.18. The summed E-state index contributed by atoms with van der Waals surface area (Å²) in [5.74, 6) is 1.17. The highest BCUT2D eigenvalue weighted by molar-refractivity contribution is 5.78. The number of aryl methyl sites for hydroxylation is 1. The summed E-state index contributed by atoms with van der Waals surface area (Å²) in [5.41, 5.74) is 4.46. The maximum Gasteiger partial charge on any atom is 0.225 e. The van der Waals surface area contributed by atoms with Crippen molar-refractivity contribution in [2.24, 2.45) is 0 Å². The van der Waals surface area contributed by atoms with Gasteiger partial charge in [-0.25, -0.2) is 14.4 Å². The summed E-state index contributed by atoms with van der Waals surface area (Å²) in [6.07, 6.45) is 3.80. The fourth-order valence-electron chi connectivity index (χ4n) is 4.22. The van der Waals surface area contributed by atoms with E-state index in [9.17, 15) is 4.39 Å². The average molecular weight is 417 g/mol. The van der Waals surface area contributed by atoms with Crippen LogP contribution < -0.4 is 10.6 Å². The van der Waals surface area contributed by atoms with E-state index in [4.69, 9.17) is 9.97 Å². The molecule has 1 aliphatic rings. The summed E-state index contributed by atoms with van der Waals surface area (Å²) in [6.45, 7) is 4.38. The van der Waals surface area contributed by atoms with Crippen molar-refractivity contribution < 1.29 is 4.39 Å². The maximum absolute atomic E-state index is 14.0. The summed E-state index contributed by atoms with van der Waals surface area (Å²) in [7, 11) is 0. The van der Waals surface area contributed by atoms with E-state index in [-0.39, 0.29) is 5.82 Å². The Labute approximate surface area is 180 Å². The van der Waals surface area contributed by atoms with Crippen LogP contribution in [0.4, 0.5) is 10.3 Å². The van der Waals surface area contributed by atoms with Gasteiger partial charge in [0.2, 0.25) is 5.95 Å². The standard InChI is InChI=1S/C24H25FN6/c1-16-6-2-4-8-19(16)22-29-21-15-28-24(27-14-17-7-3-5-9-20(17)25)30-23(21)31(22)18-10-12-26-13-11-18/h2-9,15,18,26H,10-14H2,1H3,(H,27,28,30). The Balaban J connectivity index is 1.56. The van der Waals surface area contributed by atoms with Gasteiger partial charge in [0.25, 0.3) is 0 Å². The Kier molecular flexibility index (Phi) is 5.34. The molecule has 0 atom stereocenters. The number of imidazole rings is 1. The zero-order chi connectivity index (χ0) is 21.2. The molecule has 1 fully saturated rings. The lowest BCUT2D eigenvalue weighted by atomic mass is 10.0. The van der Waals surface area contributed by atoms with E-state index in [2.05, 4.69) is 39.2 Å². The van der Waals surface area contributed by atoms with Crippen molar-refractivity contribution in [1.29, 1.82) is 0 Å². The first-order chi connectivity index (χ1) is 15.2. The Morgan fingerprint density at radius 3 is 2.65 bits per heavy atom. The number of benzene rings is 2. The molecule has 1 aliphatic heterocycles. The number of hydrogen-bond acceptors (Lipinski definition) is 5. The molecule has 2 aromatic carbocycles. The molecule has 2 N–H and O–H groups in total. The molecule has 2 aromatic heterocycles. The van der Waals surface area contributed by atoms with Crippen LogP contribution in [0.5, 0.6) is 0 Å². The third-order valence-corrected chi connectivity index (χ3v) is 5.89. The summed E-state index contributed by atoms with van der Waals surface area (Å²) >= 11 is 0. The van der Waals surface area contributed by atoms with Crippen LogP contribution >= 0.6 is 0 Å². The van der Waals surface area contributed by atoms with E-state index in [0.717, 1.165) is 48.5 Å². The molecule has 5 rings (SSSR count). The molecule has 0 saturated carbocycles. The fourth-order valence-corrected chi connectivity index (χ4v) is 4.22. The molecule has 0 unspecified atom stereocenters. The van der Waals surface area contributed by atoms with E-state index in [1.165, 1.54) is 11.6 Å². The van der Waals surface area contributed by atoms with Gasteiger partial charge >= 0.3 is 0 Å². The third-order valence-electron chi connectivity index (χ3n) is 5.89. The zero-order valence-corrected chi connectivity index (χ0v) is 17.5. The number of aromatic nitrogens is 4. The quantitative estimate of drug-likeness (QED) is 0.502. The van der Waals surface area contributed by atoms with Crippen LogP contribution in [0, 0.1) is 12.7 Å². The van der Waals surface area contributed by atoms with E-state index in [1.807, 2.05) is 18.2 Å². The molecule has 4 aromatic rings. The number of rotatable bonds is 5. The van der Waals surface area contributed by atoms with Gasteiger partial charge in [0.1, 0.15) is 17.2 Å². The molecule has 0 spiro atoms. The lowest BCUT2D eigenvalue weighted by molar-refractivity contribution is 0.376. The molecular formula is C24H25FN6. The summed E-state index contributed by atoms with van der Waals surface area (Å²) in [4.78, 5) is 14.2. The second-order valence-corrected chi connectivity index (χ2v) is 7.95. The highest BCUT2D eigenvalue weighted by Crippen LogP contribution is 2.33. The smallest absolute Gasteiger partial charge is 0.225 e. The van der Waals surface area contributed by atoms with Gasteiger partial charge in [-0.2, -0.15) is 4.98 Å². The number of halogens is 1. The molecule has 3 heterocycles. The van der Waals surface area contributed by atoms with Gasteiger partial charge in [-0.05, 0) is 44.5 Å². The predicted molar refractivity (Wildman–Crippen MR) is 120 cm³/mol. The topological polar surface area (TPSA) is 67.7 Å². The molecule has 7 heteroatoms. The molecule has 0 bridgehead atoms. The van der Waals surface area contributed by atoms with Gasteiger partial charge in [-0.15, -0.1) is 0 Å². The highest BCUT2D eigenvalue weighted by atomic mass is 19.1. The first-order valence-corrected chi connectivity index (χ1v) is 10.7. The fraction of sp³-hybridized carbons (Fsp3) is 0.292. The minimum atomic E-state index is -0.238. The van der Waals surface area contributed by atoms with Crippen molar-refractivity contribution in [3.8, 4) is 11.4 Å². The number of nitrogens with one attached hydrogen (secondary N) is 2. The van der Waals surface area contributed by atoms with Crippen LogP contribution in [0.2, 0.25) is 0 Å². The van der Waals surface area contributed by atoms with Gasteiger partial charge in [-0.3, -0.25) is 0 Å². The van der Waals surface area contributed by atoms with Crippen molar-refractivity contribution in [1.82, 2.24) is 24.8 Å². The maximum atomic E-state index is 14.0. The Morgan fingerprint density at radius 1 is 1.06 bits per heavy atom. The number of hydrogen-bond donors (Lipinski definition) is 2. The van der Waals surface area contributed by atoms with E-state index in [1.54, 1.807) is 18.3 Å². The lowest BCUT2D eigenvalue weighted by Crippen LogP contribution is -2.29. The van der Waals surface area contributed by atoms with Gasteiger partial charge in [-0.1, -0.05) is 42.5 Å². The van der Waals surface area contributed by atoms with Gasteiger partial charge < -0.3 is 15.2 Å². The molecule has 158 valence electrons. The second-order valence-electron chi connectivity index (χ2n) is 7.95. The van der Waals surface area contributed by atoms with Crippen LogP contribution in [0.25, 0.3) is 22.6 Å². The van der Waals surface area contributed by atoms with Crippen molar-refractivity contribution in [2.75, 3.05) is 18.4 Å². The van der Waals surface area contributed by atoms with Gasteiger partial charge in [0, 0.05) is 23.7 Å². The minimum Gasteiger partial charge on any atom is -0.350 e. The molecule has 0 amide bonds. The molecule has 1 saturated heterocycles. The van der Waals surface area contributed by atoms with E-state index in [0.29, 0.717) is 24.1 Å². The van der Waals surface area contributed by atoms with Crippen molar-refractivity contribution in [3.05, 3.63) is 71.7 Å². The predicted octanol–water partition coefficient (Wildman–Crippen LogP) is 4.48. The van der Waals surface area contributed by atoms with E-state index < -0.39 is 0 Å². The van der Waals surface area contributed by atoms with Crippen molar-refractivity contribution >= 4 is 17.1 Å². The van der Waals surface area contributed by atoms with Crippen LogP contribution in [0.1, 0.15) is 30.0 Å². The zero-order valence-electron chi connectivity index (χ0n) is 17.5. The van der Waals surface area contributed by atoms with E-state index >= 15 is 0 Å². The molecular weight excluding hydrogens is 391 g/mol. The van der Waals surface area contributed by atoms with Crippen LogP contribution in [0.3, 0.4) is 0 Å². The van der Waals surface area contributed by atoms with Crippen LogP contribution in [-0.2, 0) is 6.54 Å². The number of piperidine rings is 1. The monoisotopic (exact) mass is 416 g/mol. The van der Waals surface area contributed by atoms with Gasteiger partial charge in [0.05, 0.1) is 6.20 Å². The Morgan fingerprint density at radius 2 is 1.84 bits per heavy atom. The summed E-state index contributed by atoms with van der Waals surface area (Å²) < 4.78 is 16.3. The summed E-state index contributed by atoms with van der Waals surface area (Å²) in [5, 5.41) is 6.60. The largest absolute Gasteiger partial charge is 0.350 e. The van der Waals surface area contributed by atoms with Crippen molar-refractivity contribution in [2.45, 2.75) is 32.4 Å². The summed E-state index contributed by atoms with van der Waals surface area (Å²) in [6, 6.07) is 15.3. The first-order valence-electron chi connectivity index (χ1n) is 10.7. The number of anilines is 1. The lowest BCUT2D eigenvalue weighted by Gasteiger charge is -2.26. The second kappa shape index (κ2) is 8.43. The normalized spacial score (nSPS) is 14.8. The highest BCUT2D eigenvalue weighted by Gasteiger charge is 2.24. The Hall–Kier alpha value is -3.32. The molecule has 6 nitrogen and oxygen atoms in total. The third kappa shape index (κ3) is 3.88. The first kappa shape index (κ1) is 19.6. The molecule has 0 aliphatic carbocycles. The van der Waals surface area contributed by atoms with Crippen molar-refractivity contribution in [3.63, 3.8) is 0 Å². The molecule has 0 radical (unpaired) electrons. The van der Waals surface area contributed by atoms with Crippen LogP contribution in [-0.4, -0.2) is 32.6 Å². The Bertz CT molecular complexity index is 1210. The number of nitrogens with zero attached hydrogens (tertiary/aromatic N) is 4.